The first kappa shape index (κ1) is 17.8. The van der Waals surface area contributed by atoms with Gasteiger partial charge in [-0.1, -0.05) is 19.3 Å². The molecule has 1 aliphatic heterocycles. The average Bonchev–Trinajstić information content (AvgIpc) is 2.95. The van der Waals surface area contributed by atoms with Gasteiger partial charge in [-0.2, -0.15) is 5.10 Å². The molecule has 2 aliphatic rings. The highest BCUT2D eigenvalue weighted by Crippen LogP contribution is 2.18. The molecule has 2 heterocycles. The number of nitrogens with zero attached hydrogens (tertiary/aromatic N) is 3. The number of hydrogen-bond donors (Lipinski definition) is 2. The van der Waals surface area contributed by atoms with Crippen molar-refractivity contribution in [1.82, 2.24) is 25.3 Å². The molecule has 0 spiro atoms. The van der Waals surface area contributed by atoms with Crippen LogP contribution >= 0.6 is 0 Å². The van der Waals surface area contributed by atoms with Gasteiger partial charge in [0.05, 0.1) is 11.8 Å². The van der Waals surface area contributed by atoms with Gasteiger partial charge < -0.3 is 15.5 Å². The summed E-state index contributed by atoms with van der Waals surface area (Å²) < 4.78 is 1.70. The molecule has 138 valence electrons. The van der Waals surface area contributed by atoms with Crippen LogP contribution in [0.4, 0.5) is 4.79 Å². The molecule has 1 aromatic rings. The summed E-state index contributed by atoms with van der Waals surface area (Å²) in [6, 6.07) is 0.512. The Hall–Kier alpha value is -2.05. The Labute approximate surface area is 149 Å². The third-order valence-corrected chi connectivity index (χ3v) is 5.53. The topological polar surface area (TPSA) is 79.3 Å². The van der Waals surface area contributed by atoms with Gasteiger partial charge in [-0.3, -0.25) is 9.48 Å². The summed E-state index contributed by atoms with van der Waals surface area (Å²) in [7, 11) is 1.83. The highest BCUT2D eigenvalue weighted by atomic mass is 16.2. The fraction of sp³-hybridized carbons (Fsp3) is 0.722. The maximum atomic E-state index is 12.4. The number of rotatable bonds is 3. The molecule has 0 aromatic carbocycles. The zero-order valence-corrected chi connectivity index (χ0v) is 15.3. The quantitative estimate of drug-likeness (QED) is 0.877. The van der Waals surface area contributed by atoms with E-state index in [0.29, 0.717) is 24.7 Å². The molecule has 3 amide bonds. The minimum atomic E-state index is -0.0734. The Kier molecular flexibility index (Phi) is 5.60. The van der Waals surface area contributed by atoms with E-state index in [0.717, 1.165) is 31.4 Å². The summed E-state index contributed by atoms with van der Waals surface area (Å²) in [5.74, 6) is -0.0734. The van der Waals surface area contributed by atoms with Crippen molar-refractivity contribution in [2.45, 2.75) is 64.0 Å². The molecule has 0 bridgehead atoms. The lowest BCUT2D eigenvalue weighted by Gasteiger charge is -2.34. The minimum absolute atomic E-state index is 0.0554. The van der Waals surface area contributed by atoms with E-state index in [1.807, 2.05) is 18.9 Å². The molecule has 7 heteroatoms. The number of likely N-dealkylation sites (tertiary alicyclic amines) is 1. The molecule has 1 aliphatic carbocycles. The first-order chi connectivity index (χ1) is 12.0. The minimum Gasteiger partial charge on any atom is -0.349 e. The van der Waals surface area contributed by atoms with Crippen molar-refractivity contribution >= 4 is 11.9 Å². The standard InChI is InChI=1S/C18H29N5O2/c1-13-16(12-19-22(13)2)17(24)20-15-8-10-23(11-9-15)18(25)21-14-6-4-3-5-7-14/h12,14-15H,3-11H2,1-2H3,(H,20,24)(H,21,25). The summed E-state index contributed by atoms with van der Waals surface area (Å²) in [5, 5.41) is 10.4. The number of nitrogens with one attached hydrogen (secondary N) is 2. The first-order valence-corrected chi connectivity index (χ1v) is 9.39. The van der Waals surface area contributed by atoms with Gasteiger partial charge in [0, 0.05) is 37.9 Å². The van der Waals surface area contributed by atoms with Gasteiger partial charge in [0.25, 0.3) is 5.91 Å². The second-order valence-corrected chi connectivity index (χ2v) is 7.29. The molecule has 2 fully saturated rings. The van der Waals surface area contributed by atoms with Gasteiger partial charge in [-0.15, -0.1) is 0 Å². The maximum absolute atomic E-state index is 12.4. The fourth-order valence-electron chi connectivity index (χ4n) is 3.72. The molecular formula is C18H29N5O2. The number of aryl methyl sites for hydroxylation is 1. The summed E-state index contributed by atoms with van der Waals surface area (Å²) in [6.45, 7) is 3.27. The van der Waals surface area contributed by atoms with E-state index in [4.69, 9.17) is 0 Å². The van der Waals surface area contributed by atoms with Crippen molar-refractivity contribution in [3.05, 3.63) is 17.5 Å². The van der Waals surface area contributed by atoms with E-state index >= 15 is 0 Å². The van der Waals surface area contributed by atoms with Crippen molar-refractivity contribution in [3.8, 4) is 0 Å². The number of piperidine rings is 1. The summed E-state index contributed by atoms with van der Waals surface area (Å²) in [5.41, 5.74) is 1.49. The Balaban J connectivity index is 1.44. The molecular weight excluding hydrogens is 318 g/mol. The summed E-state index contributed by atoms with van der Waals surface area (Å²) >= 11 is 0. The molecule has 2 N–H and O–H groups in total. The third kappa shape index (κ3) is 4.32. The van der Waals surface area contributed by atoms with Crippen LogP contribution in [0.5, 0.6) is 0 Å². The first-order valence-electron chi connectivity index (χ1n) is 9.39. The SMILES string of the molecule is Cc1c(C(=O)NC2CCN(C(=O)NC3CCCCC3)CC2)cnn1C. The van der Waals surface area contributed by atoms with Crippen LogP contribution in [0.1, 0.15) is 61.0 Å². The molecule has 1 saturated heterocycles. The Morgan fingerprint density at radius 1 is 1.04 bits per heavy atom. The van der Waals surface area contributed by atoms with Gasteiger partial charge in [0.15, 0.2) is 0 Å². The van der Waals surface area contributed by atoms with E-state index in [9.17, 15) is 9.59 Å². The van der Waals surface area contributed by atoms with Crippen LogP contribution in [0.25, 0.3) is 0 Å². The van der Waals surface area contributed by atoms with E-state index in [1.54, 1.807) is 10.9 Å². The predicted octanol–water partition coefficient (Wildman–Crippen LogP) is 1.97. The lowest BCUT2D eigenvalue weighted by molar-refractivity contribution is 0.0916. The van der Waals surface area contributed by atoms with Gasteiger partial charge in [-0.25, -0.2) is 4.79 Å². The van der Waals surface area contributed by atoms with Gasteiger partial charge in [-0.05, 0) is 32.6 Å². The van der Waals surface area contributed by atoms with Crippen LogP contribution in [0.2, 0.25) is 0 Å². The van der Waals surface area contributed by atoms with Gasteiger partial charge >= 0.3 is 6.03 Å². The Morgan fingerprint density at radius 3 is 2.28 bits per heavy atom. The molecule has 0 unspecified atom stereocenters. The van der Waals surface area contributed by atoms with Crippen LogP contribution < -0.4 is 10.6 Å². The van der Waals surface area contributed by atoms with Crippen molar-refractivity contribution in [1.29, 1.82) is 0 Å². The van der Waals surface area contributed by atoms with Crippen molar-refractivity contribution in [2.75, 3.05) is 13.1 Å². The zero-order chi connectivity index (χ0) is 17.8. The van der Waals surface area contributed by atoms with E-state index in [-0.39, 0.29) is 18.0 Å². The van der Waals surface area contributed by atoms with E-state index in [1.165, 1.54) is 19.3 Å². The highest BCUT2D eigenvalue weighted by Gasteiger charge is 2.26. The van der Waals surface area contributed by atoms with Crippen molar-refractivity contribution < 1.29 is 9.59 Å². The third-order valence-electron chi connectivity index (χ3n) is 5.53. The van der Waals surface area contributed by atoms with Crippen LogP contribution in [0, 0.1) is 6.92 Å². The number of aromatic nitrogens is 2. The van der Waals surface area contributed by atoms with Crippen LogP contribution in [-0.2, 0) is 7.05 Å². The van der Waals surface area contributed by atoms with Gasteiger partial charge in [0.1, 0.15) is 0 Å². The number of urea groups is 1. The fourth-order valence-corrected chi connectivity index (χ4v) is 3.72. The van der Waals surface area contributed by atoms with E-state index in [2.05, 4.69) is 15.7 Å². The Bertz CT molecular complexity index is 613. The zero-order valence-electron chi connectivity index (χ0n) is 15.3. The van der Waals surface area contributed by atoms with Crippen LogP contribution in [-0.4, -0.2) is 51.8 Å². The maximum Gasteiger partial charge on any atom is 0.317 e. The second-order valence-electron chi connectivity index (χ2n) is 7.29. The number of amides is 3. The van der Waals surface area contributed by atoms with Crippen LogP contribution in [0.15, 0.2) is 6.20 Å². The van der Waals surface area contributed by atoms with Crippen molar-refractivity contribution in [2.24, 2.45) is 7.05 Å². The molecule has 0 radical (unpaired) electrons. The highest BCUT2D eigenvalue weighted by molar-refractivity contribution is 5.95. The average molecular weight is 347 g/mol. The van der Waals surface area contributed by atoms with Crippen LogP contribution in [0.3, 0.4) is 0 Å². The lowest BCUT2D eigenvalue weighted by Crippen LogP contribution is -2.51. The smallest absolute Gasteiger partial charge is 0.317 e. The molecule has 1 aromatic heterocycles. The molecule has 7 nitrogen and oxygen atoms in total. The molecule has 0 atom stereocenters. The summed E-state index contributed by atoms with van der Waals surface area (Å²) in [4.78, 5) is 26.6. The second kappa shape index (κ2) is 7.89. The molecule has 25 heavy (non-hydrogen) atoms. The largest absolute Gasteiger partial charge is 0.349 e. The molecule has 3 rings (SSSR count). The lowest BCUT2D eigenvalue weighted by atomic mass is 9.95. The van der Waals surface area contributed by atoms with Gasteiger partial charge in [0.2, 0.25) is 0 Å². The molecule has 1 saturated carbocycles. The normalized spacial score (nSPS) is 19.7. The number of hydrogen-bond acceptors (Lipinski definition) is 3. The predicted molar refractivity (Wildman–Crippen MR) is 95.4 cm³/mol. The number of carbonyl (C=O) groups excluding carboxylic acids is 2. The number of carbonyl (C=O) groups is 2. The van der Waals surface area contributed by atoms with Crippen molar-refractivity contribution in [3.63, 3.8) is 0 Å². The monoisotopic (exact) mass is 347 g/mol. The summed E-state index contributed by atoms with van der Waals surface area (Å²) in [6.07, 6.45) is 9.11. The van der Waals surface area contributed by atoms with E-state index < -0.39 is 0 Å². The Morgan fingerprint density at radius 2 is 1.68 bits per heavy atom.